The van der Waals surface area contributed by atoms with E-state index in [4.69, 9.17) is 4.74 Å². The van der Waals surface area contributed by atoms with Crippen LogP contribution in [0.15, 0.2) is 36.8 Å². The number of benzene rings is 1. The SMILES string of the molecule is COCc1cc(OC(F)(F)F)ccc1-c1cn2c(C(C)(F)F)ncc2cn1. The van der Waals surface area contributed by atoms with Gasteiger partial charge in [0.2, 0.25) is 0 Å². The second kappa shape index (κ2) is 6.76. The van der Waals surface area contributed by atoms with Gasteiger partial charge in [0.05, 0.1) is 30.2 Å². The summed E-state index contributed by atoms with van der Waals surface area (Å²) in [6, 6.07) is 3.66. The predicted octanol–water partition coefficient (Wildman–Crippen LogP) is 4.55. The summed E-state index contributed by atoms with van der Waals surface area (Å²) in [6.45, 7) is 0.701. The van der Waals surface area contributed by atoms with Crippen LogP contribution < -0.4 is 4.74 Å². The van der Waals surface area contributed by atoms with Gasteiger partial charge in [0.1, 0.15) is 5.75 Å². The second-order valence-corrected chi connectivity index (χ2v) is 5.84. The van der Waals surface area contributed by atoms with Gasteiger partial charge >= 0.3 is 12.3 Å². The van der Waals surface area contributed by atoms with Gasteiger partial charge in [-0.1, -0.05) is 0 Å². The molecule has 0 aliphatic heterocycles. The topological polar surface area (TPSA) is 48.7 Å². The van der Waals surface area contributed by atoms with E-state index < -0.39 is 23.9 Å². The third-order valence-corrected chi connectivity index (χ3v) is 3.69. The first-order valence-electron chi connectivity index (χ1n) is 7.68. The van der Waals surface area contributed by atoms with Gasteiger partial charge in [0, 0.05) is 25.8 Å². The lowest BCUT2D eigenvalue weighted by molar-refractivity contribution is -0.274. The van der Waals surface area contributed by atoms with Crippen molar-refractivity contribution >= 4 is 5.52 Å². The molecule has 3 rings (SSSR count). The van der Waals surface area contributed by atoms with Crippen molar-refractivity contribution in [3.05, 3.63) is 48.2 Å². The number of hydrogen-bond donors (Lipinski definition) is 0. The molecule has 0 aliphatic carbocycles. The van der Waals surface area contributed by atoms with E-state index in [0.717, 1.165) is 13.0 Å². The number of aromatic nitrogens is 3. The van der Waals surface area contributed by atoms with Crippen molar-refractivity contribution in [1.82, 2.24) is 14.4 Å². The number of nitrogens with zero attached hydrogens (tertiary/aromatic N) is 3. The maximum atomic E-state index is 13.7. The average molecular weight is 387 g/mol. The summed E-state index contributed by atoms with van der Waals surface area (Å²) in [6.07, 6.45) is -0.858. The number of halogens is 5. The highest BCUT2D eigenvalue weighted by atomic mass is 19.4. The number of imidazole rings is 1. The van der Waals surface area contributed by atoms with Crippen molar-refractivity contribution in [2.45, 2.75) is 25.8 Å². The maximum absolute atomic E-state index is 13.7. The largest absolute Gasteiger partial charge is 0.573 e. The highest BCUT2D eigenvalue weighted by Gasteiger charge is 2.32. The van der Waals surface area contributed by atoms with Crippen molar-refractivity contribution in [3.63, 3.8) is 0 Å². The molecule has 1 aromatic carbocycles. The van der Waals surface area contributed by atoms with Gasteiger partial charge in [-0.15, -0.1) is 13.2 Å². The number of rotatable bonds is 5. The Balaban J connectivity index is 2.09. The summed E-state index contributed by atoms with van der Waals surface area (Å²) < 4.78 is 74.8. The number of alkyl halides is 5. The first-order chi connectivity index (χ1) is 12.6. The molecule has 0 aliphatic rings. The zero-order valence-electron chi connectivity index (χ0n) is 14.2. The molecule has 144 valence electrons. The summed E-state index contributed by atoms with van der Waals surface area (Å²) in [7, 11) is 1.38. The minimum atomic E-state index is -4.83. The lowest BCUT2D eigenvalue weighted by atomic mass is 10.0. The Morgan fingerprint density at radius 3 is 2.41 bits per heavy atom. The molecule has 2 heterocycles. The molecule has 3 aromatic rings. The van der Waals surface area contributed by atoms with Gasteiger partial charge in [-0.05, 0) is 23.8 Å². The Morgan fingerprint density at radius 2 is 1.78 bits per heavy atom. The molecule has 0 atom stereocenters. The molecule has 0 N–H and O–H groups in total. The molecule has 0 radical (unpaired) electrons. The fourth-order valence-corrected chi connectivity index (χ4v) is 2.65. The van der Waals surface area contributed by atoms with E-state index in [0.29, 0.717) is 16.6 Å². The van der Waals surface area contributed by atoms with Crippen LogP contribution in [0.5, 0.6) is 5.75 Å². The molecule has 5 nitrogen and oxygen atoms in total. The Hall–Kier alpha value is -2.75. The van der Waals surface area contributed by atoms with Crippen LogP contribution in [0.4, 0.5) is 22.0 Å². The van der Waals surface area contributed by atoms with Crippen molar-refractivity contribution in [1.29, 1.82) is 0 Å². The van der Waals surface area contributed by atoms with Crippen molar-refractivity contribution in [2.75, 3.05) is 7.11 Å². The molecule has 27 heavy (non-hydrogen) atoms. The fraction of sp³-hybridized carbons (Fsp3) is 0.294. The van der Waals surface area contributed by atoms with E-state index in [1.165, 1.54) is 42.2 Å². The first kappa shape index (κ1) is 19.0. The molecule has 2 aromatic heterocycles. The van der Waals surface area contributed by atoms with Crippen molar-refractivity contribution in [2.24, 2.45) is 0 Å². The van der Waals surface area contributed by atoms with Gasteiger partial charge in [0.15, 0.2) is 5.82 Å². The van der Waals surface area contributed by atoms with Crippen molar-refractivity contribution in [3.8, 4) is 17.0 Å². The summed E-state index contributed by atoms with van der Waals surface area (Å²) in [5, 5.41) is 0. The summed E-state index contributed by atoms with van der Waals surface area (Å²) in [5.41, 5.74) is 1.42. The molecule has 0 saturated carbocycles. The van der Waals surface area contributed by atoms with Crippen LogP contribution in [0, 0.1) is 0 Å². The monoisotopic (exact) mass is 387 g/mol. The third kappa shape index (κ3) is 4.16. The minimum absolute atomic E-state index is 0.0230. The van der Waals surface area contributed by atoms with Crippen LogP contribution in [0.25, 0.3) is 16.8 Å². The van der Waals surface area contributed by atoms with Gasteiger partial charge in [-0.2, -0.15) is 8.78 Å². The van der Waals surface area contributed by atoms with Crippen molar-refractivity contribution < 1.29 is 31.4 Å². The molecular formula is C17H14F5N3O2. The molecular weight excluding hydrogens is 373 g/mol. The summed E-state index contributed by atoms with van der Waals surface area (Å²) >= 11 is 0. The Bertz CT molecular complexity index is 963. The standard InChI is InChI=1S/C17H14F5N3O2/c1-16(18,19)15-24-7-11-6-23-14(8-25(11)15)13-4-3-12(27-17(20,21)22)5-10(13)9-26-2/h3-8H,9H2,1-2H3. The normalized spacial score (nSPS) is 12.6. The van der Waals surface area contributed by atoms with E-state index in [2.05, 4.69) is 14.7 Å². The third-order valence-electron chi connectivity index (χ3n) is 3.69. The van der Waals surface area contributed by atoms with Gasteiger partial charge in [-0.25, -0.2) is 4.98 Å². The minimum Gasteiger partial charge on any atom is -0.406 e. The smallest absolute Gasteiger partial charge is 0.406 e. The van der Waals surface area contributed by atoms with Crippen LogP contribution in [0.2, 0.25) is 0 Å². The molecule has 0 unspecified atom stereocenters. The fourth-order valence-electron chi connectivity index (χ4n) is 2.65. The zero-order valence-corrected chi connectivity index (χ0v) is 14.2. The lowest BCUT2D eigenvalue weighted by Crippen LogP contribution is -2.17. The molecule has 0 bridgehead atoms. The van der Waals surface area contributed by atoms with Gasteiger partial charge < -0.3 is 9.47 Å². The Kier molecular flexibility index (Phi) is 4.77. The molecule has 0 spiro atoms. The van der Waals surface area contributed by atoms with Crippen LogP contribution in [0.1, 0.15) is 18.3 Å². The van der Waals surface area contributed by atoms with E-state index in [-0.39, 0.29) is 12.3 Å². The van der Waals surface area contributed by atoms with E-state index in [1.807, 2.05) is 0 Å². The number of ether oxygens (including phenoxy) is 2. The Morgan fingerprint density at radius 1 is 1.07 bits per heavy atom. The quantitative estimate of drug-likeness (QED) is 0.603. The number of fused-ring (bicyclic) bond motifs is 1. The van der Waals surface area contributed by atoms with Gasteiger partial charge in [0.25, 0.3) is 0 Å². The highest BCUT2D eigenvalue weighted by molar-refractivity contribution is 5.66. The van der Waals surface area contributed by atoms with Crippen LogP contribution in [-0.4, -0.2) is 27.8 Å². The molecule has 0 saturated heterocycles. The molecule has 0 fully saturated rings. The zero-order chi connectivity index (χ0) is 19.8. The van der Waals surface area contributed by atoms with E-state index in [1.54, 1.807) is 0 Å². The van der Waals surface area contributed by atoms with Crippen LogP contribution in [0.3, 0.4) is 0 Å². The summed E-state index contributed by atoms with van der Waals surface area (Å²) in [4.78, 5) is 7.91. The second-order valence-electron chi connectivity index (χ2n) is 5.84. The maximum Gasteiger partial charge on any atom is 0.573 e. The summed E-state index contributed by atoms with van der Waals surface area (Å²) in [5.74, 6) is -4.06. The van der Waals surface area contributed by atoms with Gasteiger partial charge in [-0.3, -0.25) is 9.38 Å². The molecule has 10 heteroatoms. The lowest BCUT2D eigenvalue weighted by Gasteiger charge is -2.14. The average Bonchev–Trinajstić information content (AvgIpc) is 2.97. The number of methoxy groups -OCH3 is 1. The predicted molar refractivity (Wildman–Crippen MR) is 85.4 cm³/mol. The van der Waals surface area contributed by atoms with E-state index in [9.17, 15) is 22.0 Å². The van der Waals surface area contributed by atoms with Crippen LogP contribution >= 0.6 is 0 Å². The first-order valence-corrected chi connectivity index (χ1v) is 7.68. The van der Waals surface area contributed by atoms with Crippen LogP contribution in [-0.2, 0) is 17.3 Å². The molecule has 0 amide bonds. The number of hydrogen-bond acceptors (Lipinski definition) is 4. The Labute approximate surface area is 150 Å². The van der Waals surface area contributed by atoms with E-state index >= 15 is 0 Å². The highest BCUT2D eigenvalue weighted by Crippen LogP contribution is 2.31.